The zero-order valence-corrected chi connectivity index (χ0v) is 13.3. The number of benzene rings is 1. The van der Waals surface area contributed by atoms with E-state index in [4.69, 9.17) is 5.73 Å². The molecule has 0 aromatic heterocycles. The molecule has 19 heavy (non-hydrogen) atoms. The minimum absolute atomic E-state index is 0.269. The van der Waals surface area contributed by atoms with Crippen LogP contribution in [0, 0.1) is 5.82 Å². The molecular formula is C11H17BrFN3O2S. The molecule has 1 rings (SSSR count). The van der Waals surface area contributed by atoms with Crippen molar-refractivity contribution >= 4 is 37.3 Å². The van der Waals surface area contributed by atoms with Gasteiger partial charge in [-0.05, 0) is 35.8 Å². The molecular weight excluding hydrogens is 337 g/mol. The molecule has 108 valence electrons. The molecule has 0 radical (unpaired) electrons. The summed E-state index contributed by atoms with van der Waals surface area (Å²) in [5, 5.41) is 2.93. The molecule has 0 aliphatic heterocycles. The lowest BCUT2D eigenvalue weighted by Gasteiger charge is -2.26. The van der Waals surface area contributed by atoms with Crippen molar-refractivity contribution in [3.63, 3.8) is 0 Å². The second-order valence-corrected chi connectivity index (χ2v) is 7.57. The largest absolute Gasteiger partial charge is 0.397 e. The fraction of sp³-hybridized carbons (Fsp3) is 0.455. The normalized spacial score (nSPS) is 12.5. The van der Waals surface area contributed by atoms with E-state index >= 15 is 0 Å². The average Bonchev–Trinajstić information content (AvgIpc) is 2.18. The molecule has 8 heteroatoms. The Kier molecular flexibility index (Phi) is 4.81. The maximum Gasteiger partial charge on any atom is 0.209 e. The van der Waals surface area contributed by atoms with Gasteiger partial charge in [-0.25, -0.2) is 17.5 Å². The molecule has 0 saturated carbocycles. The van der Waals surface area contributed by atoms with Crippen LogP contribution in [-0.2, 0) is 10.0 Å². The van der Waals surface area contributed by atoms with Gasteiger partial charge < -0.3 is 11.1 Å². The lowest BCUT2D eigenvalue weighted by molar-refractivity contribution is 0.476. The quantitative estimate of drug-likeness (QED) is 0.706. The molecule has 4 N–H and O–H groups in total. The molecule has 0 fully saturated rings. The Hall–Kier alpha value is -0.860. The van der Waals surface area contributed by atoms with Gasteiger partial charge in [0.05, 0.1) is 22.1 Å². The maximum absolute atomic E-state index is 13.4. The lowest BCUT2D eigenvalue weighted by Crippen LogP contribution is -2.47. The SMILES string of the molecule is CC(C)(CNc1cc(F)c(Br)cc1N)NS(C)(=O)=O. The van der Waals surface area contributed by atoms with Crippen molar-refractivity contribution in [1.29, 1.82) is 0 Å². The Labute approximate surface area is 120 Å². The predicted molar refractivity (Wildman–Crippen MR) is 79.1 cm³/mol. The van der Waals surface area contributed by atoms with Crippen LogP contribution in [0.25, 0.3) is 0 Å². The number of rotatable bonds is 5. The van der Waals surface area contributed by atoms with Crippen molar-refractivity contribution in [1.82, 2.24) is 4.72 Å². The van der Waals surface area contributed by atoms with Gasteiger partial charge in [0.25, 0.3) is 0 Å². The first kappa shape index (κ1) is 16.2. The maximum atomic E-state index is 13.4. The smallest absolute Gasteiger partial charge is 0.209 e. The third-order valence-corrected chi connectivity index (χ3v) is 3.81. The first-order valence-electron chi connectivity index (χ1n) is 5.47. The molecule has 0 heterocycles. The number of nitrogen functional groups attached to an aromatic ring is 1. The van der Waals surface area contributed by atoms with Crippen molar-refractivity contribution < 1.29 is 12.8 Å². The highest BCUT2D eigenvalue weighted by atomic mass is 79.9. The Balaban J connectivity index is 2.79. The number of anilines is 2. The fourth-order valence-corrected chi connectivity index (χ4v) is 3.01. The van der Waals surface area contributed by atoms with Gasteiger partial charge in [-0.15, -0.1) is 0 Å². The third kappa shape index (κ3) is 5.33. The summed E-state index contributed by atoms with van der Waals surface area (Å²) in [6.07, 6.45) is 1.09. The topological polar surface area (TPSA) is 84.2 Å². The Morgan fingerprint density at radius 1 is 1.42 bits per heavy atom. The van der Waals surface area contributed by atoms with Crippen molar-refractivity contribution in [3.8, 4) is 0 Å². The van der Waals surface area contributed by atoms with E-state index in [0.29, 0.717) is 11.4 Å². The number of nitrogens with two attached hydrogens (primary N) is 1. The van der Waals surface area contributed by atoms with E-state index in [0.717, 1.165) is 6.26 Å². The highest BCUT2D eigenvalue weighted by molar-refractivity contribution is 9.10. The first-order chi connectivity index (χ1) is 8.50. The number of halogens is 2. The van der Waals surface area contributed by atoms with E-state index < -0.39 is 21.4 Å². The van der Waals surface area contributed by atoms with Gasteiger partial charge in [0.15, 0.2) is 0 Å². The average molecular weight is 354 g/mol. The summed E-state index contributed by atoms with van der Waals surface area (Å²) in [6, 6.07) is 2.71. The number of hydrogen-bond acceptors (Lipinski definition) is 4. The van der Waals surface area contributed by atoms with Crippen LogP contribution >= 0.6 is 15.9 Å². The van der Waals surface area contributed by atoms with Crippen LogP contribution in [0.2, 0.25) is 0 Å². The first-order valence-corrected chi connectivity index (χ1v) is 8.16. The second-order valence-electron chi connectivity index (χ2n) is 4.97. The van der Waals surface area contributed by atoms with Crippen LogP contribution in [0.15, 0.2) is 16.6 Å². The van der Waals surface area contributed by atoms with Gasteiger partial charge in [-0.3, -0.25) is 0 Å². The van der Waals surface area contributed by atoms with Crippen LogP contribution in [0.3, 0.4) is 0 Å². The molecule has 0 aliphatic carbocycles. The highest BCUT2D eigenvalue weighted by Crippen LogP contribution is 2.26. The van der Waals surface area contributed by atoms with Crippen molar-refractivity contribution in [2.45, 2.75) is 19.4 Å². The Bertz CT molecular complexity index is 576. The zero-order chi connectivity index (χ0) is 14.8. The molecule has 0 unspecified atom stereocenters. The standard InChI is InChI=1S/C11H17BrFN3O2S/c1-11(2,16-19(3,17)18)6-15-10-5-8(13)7(12)4-9(10)14/h4-5,15-16H,6,14H2,1-3H3. The molecule has 1 aromatic rings. The highest BCUT2D eigenvalue weighted by Gasteiger charge is 2.22. The second kappa shape index (κ2) is 5.64. The van der Waals surface area contributed by atoms with E-state index in [-0.39, 0.29) is 11.0 Å². The third-order valence-electron chi connectivity index (χ3n) is 2.27. The summed E-state index contributed by atoms with van der Waals surface area (Å²) in [7, 11) is -3.31. The monoisotopic (exact) mass is 353 g/mol. The minimum atomic E-state index is -3.31. The number of hydrogen-bond donors (Lipinski definition) is 3. The van der Waals surface area contributed by atoms with Crippen LogP contribution in [0.1, 0.15) is 13.8 Å². The van der Waals surface area contributed by atoms with E-state index in [9.17, 15) is 12.8 Å². The van der Waals surface area contributed by atoms with E-state index in [1.54, 1.807) is 13.8 Å². The van der Waals surface area contributed by atoms with E-state index in [1.165, 1.54) is 12.1 Å². The Morgan fingerprint density at radius 2 is 2.00 bits per heavy atom. The molecule has 1 aromatic carbocycles. The molecule has 0 bridgehead atoms. The van der Waals surface area contributed by atoms with Crippen molar-refractivity contribution in [2.24, 2.45) is 0 Å². The lowest BCUT2D eigenvalue weighted by atomic mass is 10.1. The number of nitrogens with one attached hydrogen (secondary N) is 2. The summed E-state index contributed by atoms with van der Waals surface area (Å²) in [6.45, 7) is 3.70. The van der Waals surface area contributed by atoms with Gasteiger partial charge >= 0.3 is 0 Å². The number of sulfonamides is 1. The van der Waals surface area contributed by atoms with Crippen LogP contribution in [0.5, 0.6) is 0 Å². The van der Waals surface area contributed by atoms with Gasteiger partial charge in [0, 0.05) is 18.2 Å². The molecule has 5 nitrogen and oxygen atoms in total. The van der Waals surface area contributed by atoms with Crippen LogP contribution in [-0.4, -0.2) is 26.8 Å². The summed E-state index contributed by atoms with van der Waals surface area (Å²) in [5.74, 6) is -0.439. The van der Waals surface area contributed by atoms with Crippen LogP contribution < -0.4 is 15.8 Å². The van der Waals surface area contributed by atoms with Crippen molar-refractivity contribution in [2.75, 3.05) is 23.9 Å². The zero-order valence-electron chi connectivity index (χ0n) is 10.9. The summed E-state index contributed by atoms with van der Waals surface area (Å²) in [4.78, 5) is 0. The molecule has 0 amide bonds. The fourth-order valence-electron chi connectivity index (χ4n) is 1.57. The van der Waals surface area contributed by atoms with Gasteiger partial charge in [0.1, 0.15) is 5.82 Å². The van der Waals surface area contributed by atoms with Crippen molar-refractivity contribution in [3.05, 3.63) is 22.4 Å². The minimum Gasteiger partial charge on any atom is -0.397 e. The summed E-state index contributed by atoms with van der Waals surface area (Å²) >= 11 is 3.04. The van der Waals surface area contributed by atoms with Gasteiger partial charge in [-0.1, -0.05) is 0 Å². The molecule has 0 saturated heterocycles. The Morgan fingerprint density at radius 3 is 2.53 bits per heavy atom. The summed E-state index contributed by atoms with van der Waals surface area (Å²) in [5.41, 5.74) is 5.83. The van der Waals surface area contributed by atoms with E-state index in [2.05, 4.69) is 26.0 Å². The van der Waals surface area contributed by atoms with Gasteiger partial charge in [-0.2, -0.15) is 0 Å². The summed E-state index contributed by atoms with van der Waals surface area (Å²) < 4.78 is 38.5. The molecule has 0 aliphatic rings. The van der Waals surface area contributed by atoms with Crippen LogP contribution in [0.4, 0.5) is 15.8 Å². The van der Waals surface area contributed by atoms with E-state index in [1.807, 2.05) is 0 Å². The molecule has 0 atom stereocenters. The predicted octanol–water partition coefficient (Wildman–Crippen LogP) is 1.91. The van der Waals surface area contributed by atoms with Gasteiger partial charge in [0.2, 0.25) is 10.0 Å². The molecule has 0 spiro atoms.